The number of nitrogens with zero attached hydrogens (tertiary/aromatic N) is 2. The van der Waals surface area contributed by atoms with E-state index < -0.39 is 5.41 Å². The Morgan fingerprint density at radius 3 is 2.54 bits per heavy atom. The van der Waals surface area contributed by atoms with E-state index in [9.17, 15) is 14.9 Å². The van der Waals surface area contributed by atoms with E-state index in [0.29, 0.717) is 13.0 Å². The minimum absolute atomic E-state index is 0.0630. The molecule has 0 radical (unpaired) electrons. The monoisotopic (exact) mass is 446 g/mol. The van der Waals surface area contributed by atoms with Gasteiger partial charge in [-0.1, -0.05) is 28.1 Å². The third-order valence-corrected chi connectivity index (χ3v) is 5.29. The van der Waals surface area contributed by atoms with Crippen LogP contribution in [0.5, 0.6) is 0 Å². The number of hydrogen-bond acceptors (Lipinski definition) is 5. The minimum Gasteiger partial charge on any atom is -0.463 e. The van der Waals surface area contributed by atoms with Gasteiger partial charge in [0.25, 0.3) is 5.69 Å². The Morgan fingerprint density at radius 1 is 1.25 bits per heavy atom. The molecule has 0 N–H and O–H groups in total. The number of non-ortho nitro benzene ring substituents is 1. The lowest BCUT2D eigenvalue weighted by Crippen LogP contribution is -2.37. The average Bonchev–Trinajstić information content (AvgIpc) is 2.97. The number of anilines is 1. The van der Waals surface area contributed by atoms with Gasteiger partial charge in [-0.3, -0.25) is 14.9 Å². The van der Waals surface area contributed by atoms with E-state index in [1.807, 2.05) is 45.0 Å². The lowest BCUT2D eigenvalue weighted by molar-refractivity contribution is -0.384. The van der Waals surface area contributed by atoms with Crippen molar-refractivity contribution in [2.24, 2.45) is 5.41 Å². The van der Waals surface area contributed by atoms with Crippen molar-refractivity contribution in [1.82, 2.24) is 0 Å². The zero-order chi connectivity index (χ0) is 20.5. The summed E-state index contributed by atoms with van der Waals surface area (Å²) in [4.78, 5) is 25.1. The van der Waals surface area contributed by atoms with Crippen LogP contribution in [-0.4, -0.2) is 23.5 Å². The predicted molar refractivity (Wildman–Crippen MR) is 111 cm³/mol. The van der Waals surface area contributed by atoms with Crippen molar-refractivity contribution in [1.29, 1.82) is 0 Å². The van der Waals surface area contributed by atoms with E-state index in [0.717, 1.165) is 21.3 Å². The van der Waals surface area contributed by atoms with E-state index in [4.69, 9.17) is 4.74 Å². The van der Waals surface area contributed by atoms with Gasteiger partial charge in [-0.05, 0) is 56.5 Å². The van der Waals surface area contributed by atoms with Crippen LogP contribution in [0, 0.1) is 15.5 Å². The maximum absolute atomic E-state index is 12.2. The molecule has 1 aliphatic heterocycles. The van der Waals surface area contributed by atoms with Crippen LogP contribution in [-0.2, 0) is 22.5 Å². The van der Waals surface area contributed by atoms with Gasteiger partial charge in [0.1, 0.15) is 6.61 Å². The summed E-state index contributed by atoms with van der Waals surface area (Å²) >= 11 is 3.44. The zero-order valence-corrected chi connectivity index (χ0v) is 17.7. The molecule has 0 aromatic heterocycles. The maximum atomic E-state index is 12.2. The molecule has 1 atom stereocenters. The van der Waals surface area contributed by atoms with Crippen LogP contribution in [0.2, 0.25) is 0 Å². The van der Waals surface area contributed by atoms with Crippen LogP contribution in [0.4, 0.5) is 11.4 Å². The summed E-state index contributed by atoms with van der Waals surface area (Å²) in [5, 5.41) is 11.1. The molecule has 0 fully saturated rings. The van der Waals surface area contributed by atoms with Crippen molar-refractivity contribution in [2.75, 3.05) is 11.5 Å². The largest absolute Gasteiger partial charge is 0.463 e. The number of halogens is 1. The van der Waals surface area contributed by atoms with Gasteiger partial charge in [0.2, 0.25) is 0 Å². The molecule has 7 heteroatoms. The third kappa shape index (κ3) is 4.52. The summed E-state index contributed by atoms with van der Waals surface area (Å²) in [5.41, 5.74) is 2.48. The Balaban J connectivity index is 1.85. The average molecular weight is 447 g/mol. The second-order valence-electron chi connectivity index (χ2n) is 8.03. The first-order valence-electron chi connectivity index (χ1n) is 9.11. The molecule has 3 rings (SSSR count). The molecular weight excluding hydrogens is 424 g/mol. The van der Waals surface area contributed by atoms with Gasteiger partial charge in [-0.2, -0.15) is 0 Å². The fraction of sp³-hybridized carbons (Fsp3) is 0.381. The van der Waals surface area contributed by atoms with Crippen LogP contribution in [0.15, 0.2) is 46.9 Å². The first-order valence-corrected chi connectivity index (χ1v) is 9.90. The van der Waals surface area contributed by atoms with Gasteiger partial charge in [-0.15, -0.1) is 0 Å². The predicted octanol–water partition coefficient (Wildman–Crippen LogP) is 4.88. The van der Waals surface area contributed by atoms with E-state index >= 15 is 0 Å². The first-order chi connectivity index (χ1) is 13.1. The number of nitro groups is 1. The summed E-state index contributed by atoms with van der Waals surface area (Å²) in [6, 6.07) is 12.9. The van der Waals surface area contributed by atoms with Gasteiger partial charge in [0.15, 0.2) is 0 Å². The summed E-state index contributed by atoms with van der Waals surface area (Å²) in [6.07, 6.45) is 0.602. The molecule has 0 saturated carbocycles. The molecule has 28 heavy (non-hydrogen) atoms. The molecule has 1 heterocycles. The molecule has 0 unspecified atom stereocenters. The highest BCUT2D eigenvalue weighted by atomic mass is 79.9. The Kier molecular flexibility index (Phi) is 5.74. The Hall–Kier alpha value is -2.41. The Bertz CT molecular complexity index is 890. The van der Waals surface area contributed by atoms with Crippen LogP contribution in [0.25, 0.3) is 0 Å². The second-order valence-corrected chi connectivity index (χ2v) is 8.95. The summed E-state index contributed by atoms with van der Waals surface area (Å²) in [7, 11) is 0. The van der Waals surface area contributed by atoms with Crippen molar-refractivity contribution in [3.05, 3.63) is 68.2 Å². The molecule has 0 spiro atoms. The Labute approximate surface area is 172 Å². The maximum Gasteiger partial charge on any atom is 0.311 e. The van der Waals surface area contributed by atoms with E-state index in [-0.39, 0.29) is 29.2 Å². The normalized spacial score (nSPS) is 16.0. The molecule has 0 amide bonds. The van der Waals surface area contributed by atoms with Crippen molar-refractivity contribution in [2.45, 2.75) is 39.8 Å². The van der Waals surface area contributed by atoms with Gasteiger partial charge >= 0.3 is 5.97 Å². The van der Waals surface area contributed by atoms with E-state index in [1.165, 1.54) is 6.07 Å². The highest BCUT2D eigenvalue weighted by Gasteiger charge is 2.33. The molecular formula is C21H23BrN2O4. The summed E-state index contributed by atoms with van der Waals surface area (Å²) in [6.45, 7) is 6.34. The second kappa shape index (κ2) is 7.91. The third-order valence-electron chi connectivity index (χ3n) is 4.77. The van der Waals surface area contributed by atoms with Gasteiger partial charge in [-0.25, -0.2) is 0 Å². The van der Waals surface area contributed by atoms with Crippen LogP contribution in [0.1, 0.15) is 31.9 Å². The molecule has 0 saturated heterocycles. The smallest absolute Gasteiger partial charge is 0.311 e. The molecule has 2 aromatic carbocycles. The number of fused-ring (bicyclic) bond motifs is 1. The van der Waals surface area contributed by atoms with Gasteiger partial charge in [0, 0.05) is 28.8 Å². The number of nitro benzene ring substituents is 1. The molecule has 6 nitrogen and oxygen atoms in total. The van der Waals surface area contributed by atoms with Crippen molar-refractivity contribution in [3.8, 4) is 0 Å². The first kappa shape index (κ1) is 20.3. The van der Waals surface area contributed by atoms with Crippen LogP contribution in [0.3, 0.4) is 0 Å². The zero-order valence-electron chi connectivity index (χ0n) is 16.1. The van der Waals surface area contributed by atoms with E-state index in [1.54, 1.807) is 12.1 Å². The van der Waals surface area contributed by atoms with Crippen LogP contribution >= 0.6 is 15.9 Å². The SMILES string of the molecule is CC(C)(C)C(=O)OC[C@H]1Cc2cc([N+](=O)[O-])ccc2N1Cc1ccc(Br)cc1. The van der Waals surface area contributed by atoms with Crippen molar-refractivity contribution in [3.63, 3.8) is 0 Å². The van der Waals surface area contributed by atoms with Crippen molar-refractivity contribution >= 4 is 33.3 Å². The fourth-order valence-electron chi connectivity index (χ4n) is 3.23. The molecule has 0 bridgehead atoms. The van der Waals surface area contributed by atoms with Gasteiger partial charge < -0.3 is 9.64 Å². The molecule has 0 aliphatic carbocycles. The van der Waals surface area contributed by atoms with Crippen LogP contribution < -0.4 is 4.90 Å². The number of ether oxygens (including phenoxy) is 1. The molecule has 2 aromatic rings. The lowest BCUT2D eigenvalue weighted by atomic mass is 9.97. The standard InChI is InChI=1S/C21H23BrN2O4/c1-21(2,3)20(25)28-13-18-11-15-10-17(24(26)27)8-9-19(15)23(18)12-14-4-6-16(22)7-5-14/h4-10,18H,11-13H2,1-3H3/t18-/m1/s1. The minimum atomic E-state index is -0.569. The lowest BCUT2D eigenvalue weighted by Gasteiger charge is -2.28. The Morgan fingerprint density at radius 2 is 1.93 bits per heavy atom. The van der Waals surface area contributed by atoms with E-state index in [2.05, 4.69) is 20.8 Å². The number of esters is 1. The number of hydrogen-bond donors (Lipinski definition) is 0. The number of carbonyl (C=O) groups is 1. The number of carbonyl (C=O) groups excluding carboxylic acids is 1. The molecule has 148 valence electrons. The summed E-state index contributed by atoms with van der Waals surface area (Å²) < 4.78 is 6.57. The highest BCUT2D eigenvalue weighted by molar-refractivity contribution is 9.10. The number of rotatable bonds is 5. The van der Waals surface area contributed by atoms with Gasteiger partial charge in [0.05, 0.1) is 16.4 Å². The van der Waals surface area contributed by atoms with Crippen molar-refractivity contribution < 1.29 is 14.5 Å². The summed E-state index contributed by atoms with van der Waals surface area (Å²) in [5.74, 6) is -0.252. The number of benzene rings is 2. The quantitative estimate of drug-likeness (QED) is 0.371. The highest BCUT2D eigenvalue weighted by Crippen LogP contribution is 2.36. The molecule has 1 aliphatic rings. The fourth-order valence-corrected chi connectivity index (χ4v) is 3.49. The topological polar surface area (TPSA) is 72.7 Å².